The lowest BCUT2D eigenvalue weighted by atomic mass is 10.2. The Balaban J connectivity index is 0.00000289. The summed E-state index contributed by atoms with van der Waals surface area (Å²) in [7, 11) is -7.29. The molecule has 0 spiro atoms. The van der Waals surface area contributed by atoms with Gasteiger partial charge in [0, 0.05) is 10.6 Å². The van der Waals surface area contributed by atoms with Gasteiger partial charge in [-0.3, -0.25) is 0 Å². The van der Waals surface area contributed by atoms with Gasteiger partial charge in [-0.25, -0.2) is 0 Å². The predicted molar refractivity (Wildman–Crippen MR) is 129 cm³/mol. The van der Waals surface area contributed by atoms with Crippen LogP contribution in [0.3, 0.4) is 0 Å². The zero-order chi connectivity index (χ0) is 21.9. The van der Waals surface area contributed by atoms with E-state index in [9.17, 15) is 12.3 Å². The van der Waals surface area contributed by atoms with E-state index in [1.54, 1.807) is 6.07 Å². The largest absolute Gasteiger partial charge is 1.00 e. The maximum absolute atomic E-state index is 14.2. The molecule has 32 heavy (non-hydrogen) atoms. The zero-order valence-corrected chi connectivity index (χ0v) is 21.0. The Bertz CT molecular complexity index is 1190. The fraction of sp³-hybridized carbons (Fsp3) is 0.0400. The summed E-state index contributed by atoms with van der Waals surface area (Å²) in [6.45, 7) is 0. The van der Waals surface area contributed by atoms with Crippen LogP contribution in [0, 0.1) is 0 Å². The number of rotatable bonds is 6. The van der Waals surface area contributed by atoms with Crippen LogP contribution >= 0.6 is 18.9 Å². The summed E-state index contributed by atoms with van der Waals surface area (Å²) >= 11 is 6.23. The van der Waals surface area contributed by atoms with Crippen molar-refractivity contribution < 1.29 is 29.3 Å². The first-order valence-electron chi connectivity index (χ1n) is 9.69. The topological polar surface area (TPSA) is 34.1 Å². The summed E-state index contributed by atoms with van der Waals surface area (Å²) < 4.78 is 38.2. The molecule has 0 unspecified atom stereocenters. The standard InChI is InChI=1S/C25H20ClFO2PS.BrH/c26-21-16-17-25(31(27,28)29)20(18-21)19-30(22-10-4-1-5-11-22,23-12-6-2-7-13-23)24-14-8-3-9-15-24;/h1-18H,19H2;1H/q+1;/p-1. The Kier molecular flexibility index (Phi) is 7.89. The SMILES string of the molecule is O=S(=O)(F)c1ccc(Cl)cc1C[P+](c1ccccc1)(c1ccccc1)c1ccccc1.[Br-]. The molecular weight excluding hydrogens is 530 g/mol. The molecule has 0 bridgehead atoms. The second kappa shape index (κ2) is 10.3. The molecule has 4 rings (SSSR count). The molecule has 0 aliphatic heterocycles. The van der Waals surface area contributed by atoms with Gasteiger partial charge in [0.1, 0.15) is 28.1 Å². The van der Waals surface area contributed by atoms with Crippen LogP contribution in [0.4, 0.5) is 3.89 Å². The highest BCUT2D eigenvalue weighted by Gasteiger charge is 2.46. The monoisotopic (exact) mass is 548 g/mol. The van der Waals surface area contributed by atoms with Crippen molar-refractivity contribution in [3.63, 3.8) is 0 Å². The molecular formula is C25H20BrClFO2PS. The molecule has 0 aliphatic carbocycles. The van der Waals surface area contributed by atoms with Crippen LogP contribution in [0.5, 0.6) is 0 Å². The summed E-state index contributed by atoms with van der Waals surface area (Å²) in [5.74, 6) is 0. The molecule has 2 nitrogen and oxygen atoms in total. The minimum atomic E-state index is -4.91. The molecule has 0 atom stereocenters. The van der Waals surface area contributed by atoms with E-state index in [0.29, 0.717) is 16.7 Å². The lowest BCUT2D eigenvalue weighted by Crippen LogP contribution is -3.00. The van der Waals surface area contributed by atoms with Crippen LogP contribution in [0.1, 0.15) is 5.56 Å². The number of halogens is 3. The van der Waals surface area contributed by atoms with E-state index >= 15 is 0 Å². The molecule has 4 aromatic rings. The van der Waals surface area contributed by atoms with Crippen molar-refractivity contribution in [1.29, 1.82) is 0 Å². The van der Waals surface area contributed by atoms with Gasteiger partial charge in [-0.15, -0.1) is 3.89 Å². The number of benzene rings is 4. The minimum absolute atomic E-state index is 0. The first-order valence-corrected chi connectivity index (χ1v) is 13.4. The Labute approximate surface area is 204 Å². The van der Waals surface area contributed by atoms with Crippen molar-refractivity contribution in [2.45, 2.75) is 11.1 Å². The maximum atomic E-state index is 14.2. The average Bonchev–Trinajstić information content (AvgIpc) is 2.78. The molecule has 0 aliphatic rings. The molecule has 0 saturated heterocycles. The molecule has 0 heterocycles. The van der Waals surface area contributed by atoms with E-state index in [-0.39, 0.29) is 21.9 Å². The molecule has 0 N–H and O–H groups in total. The molecule has 164 valence electrons. The van der Waals surface area contributed by atoms with Gasteiger partial charge in [0.25, 0.3) is 0 Å². The van der Waals surface area contributed by atoms with Crippen molar-refractivity contribution in [3.05, 3.63) is 120 Å². The molecule has 0 amide bonds. The fourth-order valence-electron chi connectivity index (χ4n) is 3.93. The lowest BCUT2D eigenvalue weighted by Gasteiger charge is -2.28. The zero-order valence-electron chi connectivity index (χ0n) is 16.9. The second-order valence-electron chi connectivity index (χ2n) is 7.16. The average molecular weight is 550 g/mol. The van der Waals surface area contributed by atoms with E-state index in [0.717, 1.165) is 15.9 Å². The van der Waals surface area contributed by atoms with Crippen LogP contribution in [0.15, 0.2) is 114 Å². The summed E-state index contributed by atoms with van der Waals surface area (Å²) in [6.07, 6.45) is 0.323. The Morgan fingerprint density at radius 3 is 1.47 bits per heavy atom. The third kappa shape index (κ3) is 4.97. The van der Waals surface area contributed by atoms with Crippen molar-refractivity contribution in [1.82, 2.24) is 0 Å². The molecule has 4 aromatic carbocycles. The van der Waals surface area contributed by atoms with E-state index in [1.807, 2.05) is 54.6 Å². The third-order valence-corrected chi connectivity index (χ3v) is 10.8. The first-order chi connectivity index (χ1) is 14.9. The summed E-state index contributed by atoms with van der Waals surface area (Å²) in [5, 5.41) is 3.61. The lowest BCUT2D eigenvalue weighted by molar-refractivity contribution is -0.00000948. The van der Waals surface area contributed by atoms with Gasteiger partial charge in [0.2, 0.25) is 0 Å². The van der Waals surface area contributed by atoms with Crippen molar-refractivity contribution >= 4 is 45.0 Å². The van der Waals surface area contributed by atoms with Crippen LogP contribution in [0.25, 0.3) is 0 Å². The predicted octanol–water partition coefficient (Wildman–Crippen LogP) is 2.50. The maximum Gasteiger partial charge on any atom is 0.332 e. The van der Waals surface area contributed by atoms with Gasteiger partial charge >= 0.3 is 10.2 Å². The highest BCUT2D eigenvalue weighted by molar-refractivity contribution is 7.95. The number of hydrogen-bond acceptors (Lipinski definition) is 2. The van der Waals surface area contributed by atoms with Gasteiger partial charge in [-0.1, -0.05) is 66.2 Å². The van der Waals surface area contributed by atoms with Gasteiger partial charge in [0.15, 0.2) is 0 Å². The van der Waals surface area contributed by atoms with E-state index < -0.39 is 17.5 Å². The normalized spacial score (nSPS) is 11.6. The Hall–Kier alpha value is -2.04. The Morgan fingerprint density at radius 1 is 0.688 bits per heavy atom. The van der Waals surface area contributed by atoms with Crippen molar-refractivity contribution in [3.8, 4) is 0 Å². The highest BCUT2D eigenvalue weighted by Crippen LogP contribution is 2.58. The van der Waals surface area contributed by atoms with Gasteiger partial charge in [-0.05, 0) is 54.6 Å². The van der Waals surface area contributed by atoms with Gasteiger partial charge in [-0.2, -0.15) is 8.42 Å². The molecule has 0 radical (unpaired) electrons. The summed E-state index contributed by atoms with van der Waals surface area (Å²) in [4.78, 5) is -0.330. The quantitative estimate of drug-likeness (QED) is 0.274. The molecule has 0 saturated carbocycles. The minimum Gasteiger partial charge on any atom is -1.00 e. The fourth-order valence-corrected chi connectivity index (χ4v) is 9.17. The highest BCUT2D eigenvalue weighted by atomic mass is 79.9. The van der Waals surface area contributed by atoms with Crippen LogP contribution < -0.4 is 32.9 Å². The van der Waals surface area contributed by atoms with Crippen molar-refractivity contribution in [2.24, 2.45) is 0 Å². The third-order valence-electron chi connectivity index (χ3n) is 5.28. The summed E-state index contributed by atoms with van der Waals surface area (Å²) in [6, 6.07) is 34.3. The second-order valence-corrected chi connectivity index (χ2v) is 12.4. The molecule has 0 aromatic heterocycles. The molecule has 7 heteroatoms. The number of hydrogen-bond donors (Lipinski definition) is 0. The Morgan fingerprint density at radius 2 is 1.09 bits per heavy atom. The smallest absolute Gasteiger partial charge is 0.332 e. The summed E-state index contributed by atoms with van der Waals surface area (Å²) in [5.41, 5.74) is 0.375. The van der Waals surface area contributed by atoms with Crippen LogP contribution in [-0.4, -0.2) is 8.42 Å². The van der Waals surface area contributed by atoms with Gasteiger partial charge < -0.3 is 17.0 Å². The first kappa shape index (κ1) is 24.6. The van der Waals surface area contributed by atoms with E-state index in [4.69, 9.17) is 11.6 Å². The van der Waals surface area contributed by atoms with Crippen molar-refractivity contribution in [2.75, 3.05) is 0 Å². The van der Waals surface area contributed by atoms with Gasteiger partial charge in [0.05, 0.1) is 6.16 Å². The van der Waals surface area contributed by atoms with Crippen LogP contribution in [-0.2, 0) is 16.4 Å². The van der Waals surface area contributed by atoms with E-state index in [2.05, 4.69) is 36.4 Å². The van der Waals surface area contributed by atoms with Crippen LogP contribution in [0.2, 0.25) is 5.02 Å². The molecule has 0 fully saturated rings. The van der Waals surface area contributed by atoms with E-state index in [1.165, 1.54) is 12.1 Å².